The summed E-state index contributed by atoms with van der Waals surface area (Å²) in [6.07, 6.45) is 2.95. The van der Waals surface area contributed by atoms with E-state index in [0.29, 0.717) is 17.3 Å². The van der Waals surface area contributed by atoms with Gasteiger partial charge in [0.1, 0.15) is 5.15 Å². The minimum Gasteiger partial charge on any atom is -0.411 e. The topological polar surface area (TPSA) is 57.8 Å². The van der Waals surface area contributed by atoms with Gasteiger partial charge in [-0.3, -0.25) is 4.99 Å². The molecule has 0 aliphatic heterocycles. The molecule has 1 unspecified atom stereocenters. The van der Waals surface area contributed by atoms with Crippen LogP contribution in [0.3, 0.4) is 0 Å². The number of rotatable bonds is 4. The Balaban J connectivity index is 3.05. The molecule has 0 aliphatic rings. The van der Waals surface area contributed by atoms with Crippen LogP contribution in [0.2, 0.25) is 10.2 Å². The molecule has 0 aliphatic carbocycles. The molecule has 0 aromatic carbocycles. The van der Waals surface area contributed by atoms with Gasteiger partial charge >= 0.3 is 0 Å². The number of nitrogens with zero attached hydrogens (tertiary/aromatic N) is 3. The fourth-order valence-electron chi connectivity index (χ4n) is 1.37. The number of aromatic nitrogens is 1. The Morgan fingerprint density at radius 3 is 2.82 bits per heavy atom. The normalized spacial score (nSPS) is 14.2. The second kappa shape index (κ2) is 6.57. The predicted octanol–water partition coefficient (Wildman–Crippen LogP) is 3.41. The first-order chi connectivity index (χ1) is 8.10. The maximum absolute atomic E-state index is 8.58. The first kappa shape index (κ1) is 13.9. The van der Waals surface area contributed by atoms with Gasteiger partial charge in [0.25, 0.3) is 0 Å². The fraction of sp³-hybridized carbons (Fsp3) is 0.364. The van der Waals surface area contributed by atoms with E-state index in [1.165, 1.54) is 6.21 Å². The van der Waals surface area contributed by atoms with Crippen LogP contribution in [0.25, 0.3) is 0 Å². The molecule has 0 radical (unpaired) electrons. The van der Waals surface area contributed by atoms with E-state index in [9.17, 15) is 0 Å². The maximum atomic E-state index is 8.58. The summed E-state index contributed by atoms with van der Waals surface area (Å²) in [6.45, 7) is 4.45. The Labute approximate surface area is 110 Å². The van der Waals surface area contributed by atoms with E-state index in [1.54, 1.807) is 12.3 Å². The van der Waals surface area contributed by atoms with Crippen molar-refractivity contribution in [2.75, 3.05) is 6.54 Å². The van der Waals surface area contributed by atoms with Gasteiger partial charge in [0, 0.05) is 18.7 Å². The highest BCUT2D eigenvalue weighted by Crippen LogP contribution is 2.24. The Kier molecular flexibility index (Phi) is 5.38. The van der Waals surface area contributed by atoms with E-state index < -0.39 is 0 Å². The molecule has 1 N–H and O–H groups in total. The lowest BCUT2D eigenvalue weighted by atomic mass is 9.98. The van der Waals surface area contributed by atoms with Gasteiger partial charge in [-0.2, -0.15) is 0 Å². The number of hydrogen-bond donors (Lipinski definition) is 1. The van der Waals surface area contributed by atoms with Crippen molar-refractivity contribution in [1.82, 2.24) is 4.98 Å². The van der Waals surface area contributed by atoms with Crippen LogP contribution < -0.4 is 0 Å². The second-order valence-corrected chi connectivity index (χ2v) is 4.17. The van der Waals surface area contributed by atoms with Crippen molar-refractivity contribution in [3.05, 3.63) is 28.0 Å². The van der Waals surface area contributed by atoms with Crippen molar-refractivity contribution in [2.45, 2.75) is 19.8 Å². The van der Waals surface area contributed by atoms with E-state index >= 15 is 0 Å². The standard InChI is InChI=1S/C11H13Cl2N3O/c1-3-14-10(6-16-17)7(2)8-4-9(12)11(13)15-5-8/h4-7,17H,3H2,1-2H3. The van der Waals surface area contributed by atoms with E-state index in [2.05, 4.69) is 15.1 Å². The lowest BCUT2D eigenvalue weighted by Crippen LogP contribution is -2.12. The highest BCUT2D eigenvalue weighted by molar-refractivity contribution is 6.41. The summed E-state index contributed by atoms with van der Waals surface area (Å²) in [5.41, 5.74) is 1.53. The predicted molar refractivity (Wildman–Crippen MR) is 70.9 cm³/mol. The molecule has 1 atom stereocenters. The highest BCUT2D eigenvalue weighted by Gasteiger charge is 2.13. The lowest BCUT2D eigenvalue weighted by molar-refractivity contribution is 0.322. The van der Waals surface area contributed by atoms with Gasteiger partial charge in [-0.15, -0.1) is 0 Å². The maximum Gasteiger partial charge on any atom is 0.147 e. The number of halogens is 2. The summed E-state index contributed by atoms with van der Waals surface area (Å²) < 4.78 is 0. The zero-order chi connectivity index (χ0) is 12.8. The van der Waals surface area contributed by atoms with Gasteiger partial charge in [0.2, 0.25) is 0 Å². The molecule has 0 spiro atoms. The lowest BCUT2D eigenvalue weighted by Gasteiger charge is -2.11. The molecule has 0 saturated carbocycles. The summed E-state index contributed by atoms with van der Waals surface area (Å²) in [7, 11) is 0. The van der Waals surface area contributed by atoms with Crippen LogP contribution in [0.5, 0.6) is 0 Å². The molecule has 1 aromatic rings. The third kappa shape index (κ3) is 3.68. The van der Waals surface area contributed by atoms with Gasteiger partial charge in [-0.25, -0.2) is 4.98 Å². The van der Waals surface area contributed by atoms with E-state index in [-0.39, 0.29) is 11.1 Å². The Hall–Kier alpha value is -1.13. The van der Waals surface area contributed by atoms with Crippen LogP contribution in [0.15, 0.2) is 22.4 Å². The molecule has 17 heavy (non-hydrogen) atoms. The average molecular weight is 274 g/mol. The van der Waals surface area contributed by atoms with Gasteiger partial charge < -0.3 is 5.21 Å². The zero-order valence-electron chi connectivity index (χ0n) is 9.56. The van der Waals surface area contributed by atoms with Crippen molar-refractivity contribution in [2.24, 2.45) is 10.1 Å². The smallest absolute Gasteiger partial charge is 0.147 e. The molecule has 6 heteroatoms. The van der Waals surface area contributed by atoms with Crippen LogP contribution in [-0.4, -0.2) is 28.7 Å². The van der Waals surface area contributed by atoms with E-state index in [0.717, 1.165) is 5.56 Å². The fourth-order valence-corrected chi connectivity index (χ4v) is 1.65. The van der Waals surface area contributed by atoms with Crippen molar-refractivity contribution >= 4 is 35.1 Å². The molecular weight excluding hydrogens is 261 g/mol. The first-order valence-corrected chi connectivity index (χ1v) is 5.88. The van der Waals surface area contributed by atoms with Gasteiger partial charge in [0.05, 0.1) is 16.9 Å². The zero-order valence-corrected chi connectivity index (χ0v) is 11.1. The van der Waals surface area contributed by atoms with E-state index in [4.69, 9.17) is 28.4 Å². The summed E-state index contributed by atoms with van der Waals surface area (Å²) in [5, 5.41) is 12.3. The molecule has 0 bridgehead atoms. The average Bonchev–Trinajstić information content (AvgIpc) is 2.31. The minimum atomic E-state index is -0.0619. The van der Waals surface area contributed by atoms with Crippen molar-refractivity contribution in [3.63, 3.8) is 0 Å². The molecule has 4 nitrogen and oxygen atoms in total. The monoisotopic (exact) mass is 273 g/mol. The molecule has 0 fully saturated rings. The summed E-state index contributed by atoms with van der Waals surface area (Å²) in [6, 6.07) is 1.73. The van der Waals surface area contributed by atoms with Crippen LogP contribution >= 0.6 is 23.2 Å². The minimum absolute atomic E-state index is 0.0619. The Bertz CT molecular complexity index is 446. The third-order valence-corrected chi connectivity index (χ3v) is 2.98. The van der Waals surface area contributed by atoms with Gasteiger partial charge in [-0.05, 0) is 18.6 Å². The van der Waals surface area contributed by atoms with Crippen molar-refractivity contribution in [3.8, 4) is 0 Å². The Morgan fingerprint density at radius 1 is 1.59 bits per heavy atom. The molecule has 0 amide bonds. The van der Waals surface area contributed by atoms with Crippen LogP contribution in [0.1, 0.15) is 25.3 Å². The van der Waals surface area contributed by atoms with Crippen LogP contribution in [-0.2, 0) is 0 Å². The molecule has 1 aromatic heterocycles. The summed E-state index contributed by atoms with van der Waals surface area (Å²) in [4.78, 5) is 8.22. The number of pyridine rings is 1. The number of aliphatic imine (C=N–C) groups is 1. The third-order valence-electron chi connectivity index (χ3n) is 2.29. The van der Waals surface area contributed by atoms with Gasteiger partial charge in [0.15, 0.2) is 0 Å². The van der Waals surface area contributed by atoms with E-state index in [1.807, 2.05) is 13.8 Å². The molecule has 1 rings (SSSR count). The number of oxime groups is 1. The van der Waals surface area contributed by atoms with Crippen LogP contribution in [0, 0.1) is 0 Å². The summed E-state index contributed by atoms with van der Waals surface area (Å²) >= 11 is 11.6. The molecule has 92 valence electrons. The second-order valence-electron chi connectivity index (χ2n) is 3.41. The molecular formula is C11H13Cl2N3O. The summed E-state index contributed by atoms with van der Waals surface area (Å²) in [5.74, 6) is -0.0619. The molecule has 1 heterocycles. The quantitative estimate of drug-likeness (QED) is 0.396. The number of hydrogen-bond acceptors (Lipinski definition) is 4. The molecule has 0 saturated heterocycles. The van der Waals surface area contributed by atoms with Gasteiger partial charge in [-0.1, -0.05) is 35.3 Å². The Morgan fingerprint density at radius 2 is 2.29 bits per heavy atom. The highest BCUT2D eigenvalue weighted by atomic mass is 35.5. The van der Waals surface area contributed by atoms with Crippen molar-refractivity contribution in [1.29, 1.82) is 0 Å². The largest absolute Gasteiger partial charge is 0.411 e. The SMILES string of the molecule is CCN=C(C=NO)C(C)c1cnc(Cl)c(Cl)c1. The van der Waals surface area contributed by atoms with Crippen LogP contribution in [0.4, 0.5) is 0 Å². The first-order valence-electron chi connectivity index (χ1n) is 5.12. The van der Waals surface area contributed by atoms with Crippen molar-refractivity contribution < 1.29 is 5.21 Å².